The Bertz CT molecular complexity index is 923. The Labute approximate surface area is 191 Å². The van der Waals surface area contributed by atoms with Gasteiger partial charge in [-0.1, -0.05) is 67.6 Å². The van der Waals surface area contributed by atoms with Gasteiger partial charge in [0.15, 0.2) is 0 Å². The van der Waals surface area contributed by atoms with Gasteiger partial charge in [-0.05, 0) is 45.2 Å². The molecule has 0 radical (unpaired) electrons. The van der Waals surface area contributed by atoms with Crippen molar-refractivity contribution in [3.8, 4) is 0 Å². The van der Waals surface area contributed by atoms with Crippen molar-refractivity contribution in [2.45, 2.75) is 70.7 Å². The van der Waals surface area contributed by atoms with Gasteiger partial charge in [0, 0.05) is 11.8 Å². The molecule has 0 spiro atoms. The summed E-state index contributed by atoms with van der Waals surface area (Å²) in [6.07, 6.45) is 0.845. The van der Waals surface area contributed by atoms with Gasteiger partial charge >= 0.3 is 5.97 Å². The summed E-state index contributed by atoms with van der Waals surface area (Å²) in [7, 11) is 1.38. The molecule has 0 saturated carbocycles. The lowest BCUT2D eigenvalue weighted by atomic mass is 9.82. The first-order valence-corrected chi connectivity index (χ1v) is 11.3. The highest BCUT2D eigenvalue weighted by Crippen LogP contribution is 2.43. The van der Waals surface area contributed by atoms with E-state index >= 15 is 0 Å². The van der Waals surface area contributed by atoms with Gasteiger partial charge in [0.25, 0.3) is 0 Å². The van der Waals surface area contributed by atoms with Gasteiger partial charge in [0.1, 0.15) is 5.72 Å². The maximum Gasteiger partial charge on any atom is 0.306 e. The number of methoxy groups -OCH3 is 1. The van der Waals surface area contributed by atoms with E-state index in [4.69, 9.17) is 9.47 Å². The highest BCUT2D eigenvalue weighted by atomic mass is 16.6. The number of hydrogen-bond acceptors (Lipinski definition) is 4. The van der Waals surface area contributed by atoms with Gasteiger partial charge < -0.3 is 14.4 Å². The minimum atomic E-state index is -0.763. The highest BCUT2D eigenvalue weighted by Gasteiger charge is 2.55. The monoisotopic (exact) mass is 437 g/mol. The van der Waals surface area contributed by atoms with Crippen molar-refractivity contribution in [1.29, 1.82) is 0 Å². The van der Waals surface area contributed by atoms with Crippen molar-refractivity contribution in [2.24, 2.45) is 5.92 Å². The first-order valence-electron chi connectivity index (χ1n) is 11.3. The molecule has 1 aliphatic heterocycles. The van der Waals surface area contributed by atoms with Gasteiger partial charge in [-0.25, -0.2) is 0 Å². The molecule has 0 aromatic heterocycles. The summed E-state index contributed by atoms with van der Waals surface area (Å²) in [5.74, 6) is -1.05. The van der Waals surface area contributed by atoms with Crippen molar-refractivity contribution >= 4 is 11.9 Å². The number of nitrogens with zero attached hydrogens (tertiary/aromatic N) is 1. The van der Waals surface area contributed by atoms with Crippen molar-refractivity contribution in [3.05, 3.63) is 71.8 Å². The largest absolute Gasteiger partial charge is 0.469 e. The number of amides is 1. The number of carbonyl (C=O) groups excluding carboxylic acids is 2. The third kappa shape index (κ3) is 5.04. The SMILES string of the molecule is COC(=O)C[C@H](c1ccccc1)[C@@H](C)C(=O)N1[C@@H](Cc2ccccc2)C(C)(C)OC1(C)C. The van der Waals surface area contributed by atoms with Gasteiger partial charge in [0.2, 0.25) is 5.91 Å². The topological polar surface area (TPSA) is 55.8 Å². The second-order valence-electron chi connectivity index (χ2n) is 9.65. The maximum absolute atomic E-state index is 14.0. The molecule has 1 heterocycles. The first-order chi connectivity index (χ1) is 15.1. The van der Waals surface area contributed by atoms with E-state index in [1.807, 2.05) is 88.0 Å². The maximum atomic E-state index is 14.0. The molecule has 5 heteroatoms. The van der Waals surface area contributed by atoms with E-state index < -0.39 is 17.2 Å². The molecular weight excluding hydrogens is 402 g/mol. The Kier molecular flexibility index (Phi) is 7.09. The average molecular weight is 438 g/mol. The Hall–Kier alpha value is -2.66. The molecule has 1 fully saturated rings. The molecule has 0 N–H and O–H groups in total. The number of rotatable bonds is 7. The van der Waals surface area contributed by atoms with Crippen molar-refractivity contribution in [2.75, 3.05) is 7.11 Å². The fourth-order valence-corrected chi connectivity index (χ4v) is 4.98. The lowest BCUT2D eigenvalue weighted by Crippen LogP contribution is -2.53. The number of esters is 1. The molecule has 0 bridgehead atoms. The summed E-state index contributed by atoms with van der Waals surface area (Å²) < 4.78 is 11.3. The number of benzene rings is 2. The van der Waals surface area contributed by atoms with E-state index in [1.165, 1.54) is 7.11 Å². The van der Waals surface area contributed by atoms with E-state index in [1.54, 1.807) is 0 Å². The molecule has 3 atom stereocenters. The predicted octanol–water partition coefficient (Wildman–Crippen LogP) is 4.95. The van der Waals surface area contributed by atoms with Crippen LogP contribution in [0.2, 0.25) is 0 Å². The van der Waals surface area contributed by atoms with Crippen LogP contribution >= 0.6 is 0 Å². The third-order valence-corrected chi connectivity index (χ3v) is 6.55. The second kappa shape index (κ2) is 9.45. The smallest absolute Gasteiger partial charge is 0.306 e. The lowest BCUT2D eigenvalue weighted by molar-refractivity contribution is -0.154. The summed E-state index contributed by atoms with van der Waals surface area (Å²) in [4.78, 5) is 28.1. The fraction of sp³-hybridized carbons (Fsp3) is 0.481. The minimum Gasteiger partial charge on any atom is -0.469 e. The van der Waals surface area contributed by atoms with Gasteiger partial charge in [-0.3, -0.25) is 9.59 Å². The van der Waals surface area contributed by atoms with Crippen LogP contribution in [-0.4, -0.2) is 41.3 Å². The van der Waals surface area contributed by atoms with Crippen LogP contribution in [-0.2, 0) is 25.5 Å². The molecule has 0 aliphatic carbocycles. The first kappa shape index (κ1) is 24.0. The van der Waals surface area contributed by atoms with E-state index in [0.717, 1.165) is 11.1 Å². The zero-order chi connectivity index (χ0) is 23.5. The molecule has 5 nitrogen and oxygen atoms in total. The van der Waals surface area contributed by atoms with Crippen LogP contribution in [0.1, 0.15) is 58.1 Å². The fourth-order valence-electron chi connectivity index (χ4n) is 4.98. The highest BCUT2D eigenvalue weighted by molar-refractivity contribution is 5.82. The molecular formula is C27H35NO4. The quantitative estimate of drug-likeness (QED) is 0.575. The van der Waals surface area contributed by atoms with Crippen LogP contribution < -0.4 is 0 Å². The van der Waals surface area contributed by atoms with E-state index in [9.17, 15) is 9.59 Å². The van der Waals surface area contributed by atoms with E-state index in [0.29, 0.717) is 6.42 Å². The minimum absolute atomic E-state index is 0.0146. The zero-order valence-electron chi connectivity index (χ0n) is 20.0. The summed E-state index contributed by atoms with van der Waals surface area (Å²) >= 11 is 0. The third-order valence-electron chi connectivity index (χ3n) is 6.55. The van der Waals surface area contributed by atoms with Crippen LogP contribution in [0.4, 0.5) is 0 Å². The van der Waals surface area contributed by atoms with Gasteiger partial charge in [-0.2, -0.15) is 0 Å². The lowest BCUT2D eigenvalue weighted by Gasteiger charge is -2.38. The zero-order valence-corrected chi connectivity index (χ0v) is 20.0. The molecule has 2 aromatic carbocycles. The van der Waals surface area contributed by atoms with Crippen LogP contribution in [0.3, 0.4) is 0 Å². The van der Waals surface area contributed by atoms with E-state index in [2.05, 4.69) is 12.1 Å². The second-order valence-corrected chi connectivity index (χ2v) is 9.65. The van der Waals surface area contributed by atoms with Crippen molar-refractivity contribution in [3.63, 3.8) is 0 Å². The molecule has 1 amide bonds. The summed E-state index contributed by atoms with van der Waals surface area (Å²) in [5.41, 5.74) is 0.835. The van der Waals surface area contributed by atoms with Crippen LogP contribution in [0.15, 0.2) is 60.7 Å². The van der Waals surface area contributed by atoms with Crippen molar-refractivity contribution < 1.29 is 19.1 Å². The number of carbonyl (C=O) groups is 2. The molecule has 172 valence electrons. The van der Waals surface area contributed by atoms with Crippen LogP contribution in [0.25, 0.3) is 0 Å². The molecule has 1 aliphatic rings. The van der Waals surface area contributed by atoms with E-state index in [-0.39, 0.29) is 30.3 Å². The van der Waals surface area contributed by atoms with Gasteiger partial charge in [-0.15, -0.1) is 0 Å². The summed E-state index contributed by atoms with van der Waals surface area (Å²) in [5, 5.41) is 0. The molecule has 1 saturated heterocycles. The molecule has 2 aromatic rings. The van der Waals surface area contributed by atoms with Gasteiger partial charge in [0.05, 0.1) is 25.2 Å². The standard InChI is InChI=1S/C27H35NO4/c1-19(22(18-24(29)31-6)21-15-11-8-12-16-21)25(30)28-23(17-20-13-9-7-10-14-20)26(2,3)32-27(28,4)5/h7-16,19,22-23H,17-18H2,1-6H3/t19-,22+,23+/m1/s1. The average Bonchev–Trinajstić information content (AvgIpc) is 2.95. The Balaban J connectivity index is 1.95. The van der Waals surface area contributed by atoms with Crippen LogP contribution in [0, 0.1) is 5.92 Å². The summed E-state index contributed by atoms with van der Waals surface area (Å²) in [6, 6.07) is 19.8. The van der Waals surface area contributed by atoms with Crippen LogP contribution in [0.5, 0.6) is 0 Å². The Morgan fingerprint density at radius 2 is 1.56 bits per heavy atom. The molecule has 32 heavy (non-hydrogen) atoms. The number of hydrogen-bond donors (Lipinski definition) is 0. The Morgan fingerprint density at radius 3 is 2.12 bits per heavy atom. The predicted molar refractivity (Wildman–Crippen MR) is 125 cm³/mol. The normalized spacial score (nSPS) is 21.1. The Morgan fingerprint density at radius 1 is 1.00 bits per heavy atom. The van der Waals surface area contributed by atoms with Crippen molar-refractivity contribution in [1.82, 2.24) is 4.90 Å². The molecule has 0 unspecified atom stereocenters. The molecule has 3 rings (SSSR count). The number of ether oxygens (including phenoxy) is 2. The summed E-state index contributed by atoms with van der Waals surface area (Å²) in [6.45, 7) is 9.89.